The van der Waals surface area contributed by atoms with Crippen LogP contribution in [0.1, 0.15) is 24.0 Å². The maximum absolute atomic E-state index is 10.9. The number of carboxylic acid groups (broad SMARTS) is 1. The minimum Gasteiger partial charge on any atom is -0.487 e. The molecule has 0 amide bonds. The molecule has 21 heavy (non-hydrogen) atoms. The van der Waals surface area contributed by atoms with Crippen LogP contribution in [-0.4, -0.2) is 11.1 Å². The molecule has 5 heteroatoms. The number of rotatable bonds is 5. The standard InChI is InChI=1S/C16H14BrClO3/c1-10(16(19)20)12-4-2-11(3-5-12)9-21-15-7-6-13(17)8-14(15)18/h2-8,10H,9H2,1H3,(H,19,20). The van der Waals surface area contributed by atoms with Crippen LogP contribution in [0.25, 0.3) is 0 Å². The molecule has 0 bridgehead atoms. The third kappa shape index (κ3) is 4.22. The molecular weight excluding hydrogens is 356 g/mol. The Hall–Kier alpha value is -1.52. The molecular formula is C16H14BrClO3. The van der Waals surface area contributed by atoms with Gasteiger partial charge in [-0.1, -0.05) is 51.8 Å². The van der Waals surface area contributed by atoms with Crippen LogP contribution in [0, 0.1) is 0 Å². The summed E-state index contributed by atoms with van der Waals surface area (Å²) in [4.78, 5) is 10.9. The minimum atomic E-state index is -0.833. The van der Waals surface area contributed by atoms with Crippen molar-refractivity contribution in [2.75, 3.05) is 0 Å². The summed E-state index contributed by atoms with van der Waals surface area (Å²) in [6.07, 6.45) is 0. The number of hydrogen-bond donors (Lipinski definition) is 1. The summed E-state index contributed by atoms with van der Waals surface area (Å²) in [7, 11) is 0. The van der Waals surface area contributed by atoms with Crippen molar-refractivity contribution < 1.29 is 14.6 Å². The summed E-state index contributed by atoms with van der Waals surface area (Å²) in [5.41, 5.74) is 1.73. The molecule has 1 N–H and O–H groups in total. The fourth-order valence-electron chi connectivity index (χ4n) is 1.80. The van der Waals surface area contributed by atoms with E-state index in [1.165, 1.54) is 0 Å². The van der Waals surface area contributed by atoms with Crippen LogP contribution in [-0.2, 0) is 11.4 Å². The molecule has 0 aromatic heterocycles. The van der Waals surface area contributed by atoms with Crippen molar-refractivity contribution in [3.05, 3.63) is 63.1 Å². The van der Waals surface area contributed by atoms with E-state index < -0.39 is 11.9 Å². The lowest BCUT2D eigenvalue weighted by atomic mass is 10.0. The summed E-state index contributed by atoms with van der Waals surface area (Å²) in [5.74, 6) is -0.732. The van der Waals surface area contributed by atoms with Gasteiger partial charge in [-0.05, 0) is 36.2 Å². The van der Waals surface area contributed by atoms with Crippen molar-refractivity contribution >= 4 is 33.5 Å². The second-order valence-electron chi connectivity index (χ2n) is 4.66. The third-order valence-electron chi connectivity index (χ3n) is 3.14. The molecule has 0 saturated heterocycles. The van der Waals surface area contributed by atoms with Gasteiger partial charge in [0.1, 0.15) is 12.4 Å². The molecule has 2 aromatic carbocycles. The number of halogens is 2. The zero-order chi connectivity index (χ0) is 15.4. The summed E-state index contributed by atoms with van der Waals surface area (Å²) >= 11 is 9.41. The quantitative estimate of drug-likeness (QED) is 0.818. The van der Waals surface area contributed by atoms with Crippen molar-refractivity contribution in [1.82, 2.24) is 0 Å². The van der Waals surface area contributed by atoms with Crippen LogP contribution in [0.4, 0.5) is 0 Å². The molecule has 2 rings (SSSR count). The Bertz CT molecular complexity index is 640. The second-order valence-corrected chi connectivity index (χ2v) is 5.99. The minimum absolute atomic E-state index is 0.378. The Morgan fingerprint density at radius 1 is 1.29 bits per heavy atom. The lowest BCUT2D eigenvalue weighted by molar-refractivity contribution is -0.138. The van der Waals surface area contributed by atoms with E-state index in [2.05, 4.69) is 15.9 Å². The Morgan fingerprint density at radius 3 is 2.52 bits per heavy atom. The number of carbonyl (C=O) groups is 1. The predicted octanol–water partition coefficient (Wildman–Crippen LogP) is 4.87. The Balaban J connectivity index is 2.02. The molecule has 3 nitrogen and oxygen atoms in total. The molecule has 0 fully saturated rings. The van der Waals surface area contributed by atoms with Gasteiger partial charge in [0.25, 0.3) is 0 Å². The molecule has 0 aliphatic carbocycles. The van der Waals surface area contributed by atoms with Crippen LogP contribution in [0.3, 0.4) is 0 Å². The maximum atomic E-state index is 10.9. The number of carboxylic acids is 1. The van der Waals surface area contributed by atoms with Gasteiger partial charge in [0.15, 0.2) is 0 Å². The van der Waals surface area contributed by atoms with Gasteiger partial charge >= 0.3 is 5.97 Å². The molecule has 0 aliphatic rings. The first-order valence-corrected chi connectivity index (χ1v) is 7.54. The number of ether oxygens (including phenoxy) is 1. The zero-order valence-corrected chi connectivity index (χ0v) is 13.7. The Morgan fingerprint density at radius 2 is 1.95 bits per heavy atom. The van der Waals surface area contributed by atoms with E-state index in [-0.39, 0.29) is 0 Å². The van der Waals surface area contributed by atoms with Gasteiger partial charge in [-0.2, -0.15) is 0 Å². The highest BCUT2D eigenvalue weighted by atomic mass is 79.9. The van der Waals surface area contributed by atoms with Gasteiger partial charge in [0.05, 0.1) is 10.9 Å². The Kier molecular flexibility index (Phi) is 5.26. The number of hydrogen-bond acceptors (Lipinski definition) is 2. The maximum Gasteiger partial charge on any atom is 0.310 e. The van der Waals surface area contributed by atoms with E-state index in [1.807, 2.05) is 18.2 Å². The lowest BCUT2D eigenvalue weighted by Gasteiger charge is -2.10. The van der Waals surface area contributed by atoms with E-state index in [0.717, 1.165) is 15.6 Å². The molecule has 0 spiro atoms. The number of benzene rings is 2. The normalized spacial score (nSPS) is 12.0. The average Bonchev–Trinajstić information content (AvgIpc) is 2.46. The van der Waals surface area contributed by atoms with Crippen molar-refractivity contribution in [1.29, 1.82) is 0 Å². The fraction of sp³-hybridized carbons (Fsp3) is 0.188. The van der Waals surface area contributed by atoms with Crippen molar-refractivity contribution in [2.45, 2.75) is 19.4 Å². The van der Waals surface area contributed by atoms with Crippen LogP contribution >= 0.6 is 27.5 Å². The largest absolute Gasteiger partial charge is 0.487 e. The predicted molar refractivity (Wildman–Crippen MR) is 86.0 cm³/mol. The van der Waals surface area contributed by atoms with Gasteiger partial charge in [-0.25, -0.2) is 0 Å². The van der Waals surface area contributed by atoms with E-state index in [1.54, 1.807) is 31.2 Å². The molecule has 0 radical (unpaired) electrons. The molecule has 1 atom stereocenters. The molecule has 0 heterocycles. The van der Waals surface area contributed by atoms with Crippen LogP contribution < -0.4 is 4.74 Å². The van der Waals surface area contributed by atoms with Crippen LogP contribution in [0.15, 0.2) is 46.9 Å². The van der Waals surface area contributed by atoms with E-state index in [0.29, 0.717) is 17.4 Å². The lowest BCUT2D eigenvalue weighted by Crippen LogP contribution is -2.07. The van der Waals surface area contributed by atoms with Gasteiger partial charge in [0, 0.05) is 4.47 Å². The highest BCUT2D eigenvalue weighted by Gasteiger charge is 2.13. The summed E-state index contributed by atoms with van der Waals surface area (Å²) in [6.45, 7) is 2.04. The van der Waals surface area contributed by atoms with Gasteiger partial charge < -0.3 is 9.84 Å². The Labute approximate surface area is 136 Å². The first kappa shape index (κ1) is 15.9. The third-order valence-corrected chi connectivity index (χ3v) is 3.93. The van der Waals surface area contributed by atoms with E-state index in [4.69, 9.17) is 21.4 Å². The summed E-state index contributed by atoms with van der Waals surface area (Å²) < 4.78 is 6.55. The van der Waals surface area contributed by atoms with Crippen molar-refractivity contribution in [3.8, 4) is 5.75 Å². The summed E-state index contributed by atoms with van der Waals surface area (Å²) in [5, 5.41) is 9.51. The van der Waals surface area contributed by atoms with E-state index in [9.17, 15) is 4.79 Å². The zero-order valence-electron chi connectivity index (χ0n) is 11.3. The molecule has 0 saturated carbocycles. The first-order chi connectivity index (χ1) is 9.97. The van der Waals surface area contributed by atoms with Crippen molar-refractivity contribution in [3.63, 3.8) is 0 Å². The van der Waals surface area contributed by atoms with Gasteiger partial charge in [-0.3, -0.25) is 4.79 Å². The fourth-order valence-corrected chi connectivity index (χ4v) is 2.53. The van der Waals surface area contributed by atoms with Gasteiger partial charge in [0.2, 0.25) is 0 Å². The topological polar surface area (TPSA) is 46.5 Å². The SMILES string of the molecule is CC(C(=O)O)c1ccc(COc2ccc(Br)cc2Cl)cc1. The average molecular weight is 370 g/mol. The van der Waals surface area contributed by atoms with Gasteiger partial charge in [-0.15, -0.1) is 0 Å². The first-order valence-electron chi connectivity index (χ1n) is 6.37. The van der Waals surface area contributed by atoms with Crippen LogP contribution in [0.5, 0.6) is 5.75 Å². The number of aliphatic carboxylic acids is 1. The van der Waals surface area contributed by atoms with Crippen molar-refractivity contribution in [2.24, 2.45) is 0 Å². The summed E-state index contributed by atoms with van der Waals surface area (Å²) in [6, 6.07) is 12.8. The molecule has 1 unspecified atom stereocenters. The highest BCUT2D eigenvalue weighted by molar-refractivity contribution is 9.10. The molecule has 110 valence electrons. The molecule has 2 aromatic rings. The monoisotopic (exact) mass is 368 g/mol. The second kappa shape index (κ2) is 6.96. The molecule has 0 aliphatic heterocycles. The highest BCUT2D eigenvalue weighted by Crippen LogP contribution is 2.28. The smallest absolute Gasteiger partial charge is 0.310 e. The van der Waals surface area contributed by atoms with Crippen LogP contribution in [0.2, 0.25) is 5.02 Å². The van der Waals surface area contributed by atoms with E-state index >= 15 is 0 Å².